The quantitative estimate of drug-likeness (QED) is 0.467. The number of hydrogen-bond donors (Lipinski definition) is 2. The molecule has 2 aliphatic heterocycles. The average Bonchev–Trinajstić information content (AvgIpc) is 3.60. The molecular formula is C27H29FN6O. The molecular weight excluding hydrogens is 443 g/mol. The van der Waals surface area contributed by atoms with E-state index in [4.69, 9.17) is 10.7 Å². The largest absolute Gasteiger partial charge is 0.381 e. The van der Waals surface area contributed by atoms with Crippen LogP contribution in [0.2, 0.25) is 0 Å². The van der Waals surface area contributed by atoms with Gasteiger partial charge >= 0.3 is 0 Å². The van der Waals surface area contributed by atoms with Crippen molar-refractivity contribution >= 4 is 33.5 Å². The smallest absolute Gasteiger partial charge is 0.254 e. The van der Waals surface area contributed by atoms with E-state index >= 15 is 4.39 Å². The molecule has 2 bridgehead atoms. The van der Waals surface area contributed by atoms with Gasteiger partial charge in [-0.15, -0.1) is 0 Å². The number of hydrogen-bond acceptors (Lipinski definition) is 4. The monoisotopic (exact) mass is 472 g/mol. The lowest BCUT2D eigenvalue weighted by Gasteiger charge is -2.28. The summed E-state index contributed by atoms with van der Waals surface area (Å²) >= 11 is 0. The van der Waals surface area contributed by atoms with Gasteiger partial charge in [-0.3, -0.25) is 4.79 Å². The number of carbonyl (C=O) groups excluding carboxylic acids is 1. The summed E-state index contributed by atoms with van der Waals surface area (Å²) < 4.78 is 19.6. The average molecular weight is 473 g/mol. The van der Waals surface area contributed by atoms with Gasteiger partial charge in [0.05, 0.1) is 28.5 Å². The van der Waals surface area contributed by atoms with Crippen molar-refractivity contribution in [2.45, 2.75) is 44.3 Å². The summed E-state index contributed by atoms with van der Waals surface area (Å²) in [6, 6.07) is 11.9. The minimum atomic E-state index is -0.426. The number of imidazole rings is 1. The van der Waals surface area contributed by atoms with Crippen LogP contribution in [0.15, 0.2) is 36.4 Å². The van der Waals surface area contributed by atoms with Crippen LogP contribution in [0, 0.1) is 11.7 Å². The zero-order chi connectivity index (χ0) is 24.0. The highest BCUT2D eigenvalue weighted by Crippen LogP contribution is 2.40. The van der Waals surface area contributed by atoms with E-state index < -0.39 is 5.82 Å². The van der Waals surface area contributed by atoms with E-state index in [0.717, 1.165) is 48.1 Å². The van der Waals surface area contributed by atoms with Crippen LogP contribution in [0.5, 0.6) is 0 Å². The van der Waals surface area contributed by atoms with Crippen molar-refractivity contribution in [3.8, 4) is 11.5 Å². The van der Waals surface area contributed by atoms with Crippen molar-refractivity contribution < 1.29 is 9.18 Å². The van der Waals surface area contributed by atoms with Crippen LogP contribution in [0.25, 0.3) is 33.5 Å². The maximum atomic E-state index is 15.5. The Kier molecular flexibility index (Phi) is 4.37. The van der Waals surface area contributed by atoms with Crippen LogP contribution in [0.4, 0.5) is 10.1 Å². The third-order valence-electron chi connectivity index (χ3n) is 8.54. The molecule has 0 radical (unpaired) electrons. The summed E-state index contributed by atoms with van der Waals surface area (Å²) in [6.07, 6.45) is 2.96. The Bertz CT molecular complexity index is 1520. The fraction of sp³-hybridized carbons (Fsp3) is 0.407. The zero-order valence-corrected chi connectivity index (χ0v) is 20.0. The summed E-state index contributed by atoms with van der Waals surface area (Å²) in [6.45, 7) is 3.67. The predicted octanol–water partition coefficient (Wildman–Crippen LogP) is 4.27. The number of likely N-dealkylation sites (tertiary alicyclic amines) is 1. The van der Waals surface area contributed by atoms with Crippen molar-refractivity contribution in [1.82, 2.24) is 19.0 Å². The number of nitrogens with zero attached hydrogens (tertiary/aromatic N) is 4. The second kappa shape index (κ2) is 7.31. The number of para-hydroxylation sites is 1. The third kappa shape index (κ3) is 2.80. The zero-order valence-electron chi connectivity index (χ0n) is 20.0. The Hall–Kier alpha value is -3.39. The van der Waals surface area contributed by atoms with Gasteiger partial charge in [-0.05, 0) is 49.4 Å². The highest BCUT2D eigenvalue weighted by molar-refractivity contribution is 5.99. The van der Waals surface area contributed by atoms with Gasteiger partial charge in [0.15, 0.2) is 5.82 Å². The lowest BCUT2D eigenvalue weighted by atomic mass is 10.1. The fourth-order valence-corrected chi connectivity index (χ4v) is 6.72. The lowest BCUT2D eigenvalue weighted by Crippen LogP contribution is -2.41. The highest BCUT2D eigenvalue weighted by atomic mass is 19.1. The van der Waals surface area contributed by atoms with Crippen molar-refractivity contribution in [2.24, 2.45) is 18.7 Å². The van der Waals surface area contributed by atoms with Crippen molar-refractivity contribution in [3.63, 3.8) is 0 Å². The van der Waals surface area contributed by atoms with Crippen LogP contribution in [0.1, 0.15) is 42.6 Å². The molecule has 8 heteroatoms. The van der Waals surface area contributed by atoms with Gasteiger partial charge in [-0.1, -0.05) is 19.1 Å². The number of nitrogens with two attached hydrogens (primary N) is 1. The first-order chi connectivity index (χ1) is 17.0. The molecule has 1 amide bonds. The van der Waals surface area contributed by atoms with E-state index in [9.17, 15) is 4.79 Å². The van der Waals surface area contributed by atoms with E-state index in [2.05, 4.69) is 41.1 Å². The van der Waals surface area contributed by atoms with Crippen molar-refractivity contribution in [3.05, 3.63) is 47.8 Å². The molecule has 3 N–H and O–H groups in total. The normalized spacial score (nSPS) is 25.1. The van der Waals surface area contributed by atoms with Crippen LogP contribution in [0.3, 0.4) is 0 Å². The summed E-state index contributed by atoms with van der Waals surface area (Å²) in [5, 5.41) is 4.68. The van der Waals surface area contributed by atoms with Gasteiger partial charge in [-0.25, -0.2) is 9.37 Å². The Morgan fingerprint density at radius 2 is 2.09 bits per heavy atom. The standard InChI is InChI=1S/C27H29FN6O/c1-3-17-12-30-19-6-4-5-14-11-22(34(17)24(14)19)26-31-20-10-16(9-18(28)25(20)32(26)2)27(35)33-13-15-7-8-21(33)23(15)29/h4-6,9-11,15,17,21,23,30H,3,7-8,12-13,29H2,1-2H3/t15-,17?,21-,23-/m1/s1. The topological polar surface area (TPSA) is 81.1 Å². The molecule has 2 fully saturated rings. The molecule has 35 heavy (non-hydrogen) atoms. The van der Waals surface area contributed by atoms with Crippen molar-refractivity contribution in [2.75, 3.05) is 18.4 Å². The summed E-state index contributed by atoms with van der Waals surface area (Å²) in [7, 11) is 1.85. The number of piperidine rings is 1. The number of halogens is 1. The molecule has 7 rings (SSSR count). The first-order valence-electron chi connectivity index (χ1n) is 12.6. The Labute approximate surface area is 202 Å². The number of aromatic nitrogens is 3. The molecule has 4 atom stereocenters. The van der Waals surface area contributed by atoms with Gasteiger partial charge in [0.1, 0.15) is 11.3 Å². The van der Waals surface area contributed by atoms with Gasteiger partial charge in [-0.2, -0.15) is 0 Å². The van der Waals surface area contributed by atoms with E-state index in [1.165, 1.54) is 6.07 Å². The fourth-order valence-electron chi connectivity index (χ4n) is 6.72. The molecule has 0 spiro atoms. The highest BCUT2D eigenvalue weighted by Gasteiger charge is 2.47. The number of amides is 1. The molecule has 3 aliphatic rings. The van der Waals surface area contributed by atoms with E-state index in [1.54, 1.807) is 6.07 Å². The maximum Gasteiger partial charge on any atom is 0.254 e. The lowest BCUT2D eigenvalue weighted by molar-refractivity contribution is 0.0700. The minimum Gasteiger partial charge on any atom is -0.381 e. The molecule has 4 aromatic rings. The molecule has 180 valence electrons. The predicted molar refractivity (Wildman–Crippen MR) is 135 cm³/mol. The maximum absolute atomic E-state index is 15.5. The summed E-state index contributed by atoms with van der Waals surface area (Å²) in [5.74, 6) is 0.481. The van der Waals surface area contributed by atoms with Crippen molar-refractivity contribution in [1.29, 1.82) is 0 Å². The molecule has 7 nitrogen and oxygen atoms in total. The Morgan fingerprint density at radius 1 is 1.23 bits per heavy atom. The van der Waals surface area contributed by atoms with Crippen LogP contribution in [-0.2, 0) is 7.05 Å². The number of fused-ring (bicyclic) bond motifs is 3. The number of rotatable bonds is 3. The molecule has 1 unspecified atom stereocenters. The third-order valence-corrected chi connectivity index (χ3v) is 8.54. The first kappa shape index (κ1) is 20.9. The summed E-state index contributed by atoms with van der Waals surface area (Å²) in [5.41, 5.74) is 10.8. The Morgan fingerprint density at radius 3 is 2.83 bits per heavy atom. The second-order valence-corrected chi connectivity index (χ2v) is 10.3. The first-order valence-corrected chi connectivity index (χ1v) is 12.6. The molecule has 2 aromatic carbocycles. The van der Waals surface area contributed by atoms with Crippen LogP contribution in [-0.4, -0.2) is 50.1 Å². The SMILES string of the molecule is CCC1CNc2cccc3cc(-c4nc5cc(C(=O)N6C[C@H]7CC[C@@H]6[C@@H]7N)cc(F)c5n4C)n1c23. The molecule has 1 saturated carbocycles. The van der Waals surface area contributed by atoms with Gasteiger partial charge in [0, 0.05) is 43.2 Å². The van der Waals surface area contributed by atoms with Crippen LogP contribution >= 0.6 is 0 Å². The number of carbonyl (C=O) groups is 1. The van der Waals surface area contributed by atoms with E-state index in [1.807, 2.05) is 16.5 Å². The molecule has 1 aliphatic carbocycles. The number of aryl methyl sites for hydroxylation is 1. The Balaban J connectivity index is 1.36. The molecule has 4 heterocycles. The molecule has 1 saturated heterocycles. The number of benzene rings is 2. The van der Waals surface area contributed by atoms with Gasteiger partial charge < -0.3 is 25.1 Å². The van der Waals surface area contributed by atoms with Gasteiger partial charge in [0.25, 0.3) is 5.91 Å². The number of anilines is 1. The van der Waals surface area contributed by atoms with Crippen LogP contribution < -0.4 is 11.1 Å². The minimum absolute atomic E-state index is 0.0281. The van der Waals surface area contributed by atoms with E-state index in [0.29, 0.717) is 34.9 Å². The summed E-state index contributed by atoms with van der Waals surface area (Å²) in [4.78, 5) is 20.1. The van der Waals surface area contributed by atoms with Gasteiger partial charge in [0.2, 0.25) is 0 Å². The van der Waals surface area contributed by atoms with E-state index in [-0.39, 0.29) is 24.0 Å². The molecule has 2 aromatic heterocycles. The second-order valence-electron chi connectivity index (χ2n) is 10.3. The number of nitrogens with one attached hydrogen (secondary N) is 1.